The summed E-state index contributed by atoms with van der Waals surface area (Å²) in [7, 11) is 1.28. The molecule has 4 nitrogen and oxygen atoms in total. The maximum atomic E-state index is 12.5. The minimum atomic E-state index is -0.804. The summed E-state index contributed by atoms with van der Waals surface area (Å²) in [5, 5.41) is 0. The zero-order chi connectivity index (χ0) is 14.5. The highest BCUT2D eigenvalue weighted by atomic mass is 16.5. The number of benzene rings is 2. The van der Waals surface area contributed by atoms with Gasteiger partial charge >= 0.3 is 5.97 Å². The number of carbonyl (C=O) groups excluding carboxylic acids is 2. The molecule has 2 rings (SSSR count). The summed E-state index contributed by atoms with van der Waals surface area (Å²) in [6.45, 7) is 0. The van der Waals surface area contributed by atoms with Crippen molar-refractivity contribution in [1.29, 1.82) is 0 Å². The molecule has 0 saturated carbocycles. The number of Topliss-reactive ketones (excluding diaryl/α,β-unsaturated/α-hetero) is 1. The molecule has 0 fully saturated rings. The predicted octanol–water partition coefficient (Wildman–Crippen LogP) is 2.36. The van der Waals surface area contributed by atoms with Crippen molar-refractivity contribution in [3.05, 3.63) is 71.3 Å². The molecule has 0 radical (unpaired) electrons. The first-order chi connectivity index (χ1) is 9.65. The van der Waals surface area contributed by atoms with E-state index in [2.05, 4.69) is 4.74 Å². The van der Waals surface area contributed by atoms with Gasteiger partial charge in [0.15, 0.2) is 5.78 Å². The zero-order valence-corrected chi connectivity index (χ0v) is 11.1. The van der Waals surface area contributed by atoms with Gasteiger partial charge in [0.1, 0.15) is 0 Å². The fraction of sp³-hybridized carbons (Fsp3) is 0.125. The number of hydrogen-bond donors (Lipinski definition) is 1. The Balaban J connectivity index is 2.37. The topological polar surface area (TPSA) is 69.4 Å². The van der Waals surface area contributed by atoms with E-state index in [0.29, 0.717) is 5.56 Å². The summed E-state index contributed by atoms with van der Waals surface area (Å²) in [6.07, 6.45) is 0. The molecule has 4 heteroatoms. The molecule has 102 valence electrons. The van der Waals surface area contributed by atoms with Crippen LogP contribution in [0.25, 0.3) is 0 Å². The van der Waals surface area contributed by atoms with Crippen LogP contribution in [0.4, 0.5) is 0 Å². The molecule has 0 heterocycles. The van der Waals surface area contributed by atoms with Crippen molar-refractivity contribution in [2.24, 2.45) is 5.73 Å². The molecule has 0 aromatic heterocycles. The highest BCUT2D eigenvalue weighted by molar-refractivity contribution is 6.08. The van der Waals surface area contributed by atoms with Crippen LogP contribution in [-0.4, -0.2) is 18.9 Å². The van der Waals surface area contributed by atoms with E-state index >= 15 is 0 Å². The number of ketones is 1. The van der Waals surface area contributed by atoms with Gasteiger partial charge in [0.2, 0.25) is 0 Å². The van der Waals surface area contributed by atoms with Gasteiger partial charge in [-0.2, -0.15) is 0 Å². The van der Waals surface area contributed by atoms with Crippen molar-refractivity contribution in [2.75, 3.05) is 7.11 Å². The number of esters is 1. The number of ether oxygens (including phenoxy) is 1. The Hall–Kier alpha value is -2.46. The smallest absolute Gasteiger partial charge is 0.338 e. The molecule has 0 aliphatic rings. The summed E-state index contributed by atoms with van der Waals surface area (Å²) in [5.41, 5.74) is 7.19. The largest absolute Gasteiger partial charge is 0.465 e. The van der Waals surface area contributed by atoms with Gasteiger partial charge in [0.25, 0.3) is 0 Å². The van der Waals surface area contributed by atoms with Crippen molar-refractivity contribution >= 4 is 11.8 Å². The number of nitrogens with two attached hydrogens (primary N) is 1. The molecule has 1 unspecified atom stereocenters. The Kier molecular flexibility index (Phi) is 4.27. The second-order valence-corrected chi connectivity index (χ2v) is 4.29. The Morgan fingerprint density at radius 3 is 2.10 bits per heavy atom. The van der Waals surface area contributed by atoms with E-state index in [0.717, 1.165) is 0 Å². The van der Waals surface area contributed by atoms with E-state index in [1.165, 1.54) is 7.11 Å². The third-order valence-corrected chi connectivity index (χ3v) is 3.04. The fourth-order valence-corrected chi connectivity index (χ4v) is 1.97. The average Bonchev–Trinajstić information content (AvgIpc) is 2.53. The van der Waals surface area contributed by atoms with E-state index < -0.39 is 12.0 Å². The lowest BCUT2D eigenvalue weighted by atomic mass is 9.95. The van der Waals surface area contributed by atoms with E-state index in [-0.39, 0.29) is 16.9 Å². The van der Waals surface area contributed by atoms with Crippen LogP contribution in [0.1, 0.15) is 32.3 Å². The molecular formula is C16H15NO3. The molecule has 1 atom stereocenters. The van der Waals surface area contributed by atoms with Crippen LogP contribution in [0.15, 0.2) is 54.6 Å². The van der Waals surface area contributed by atoms with Gasteiger partial charge in [0, 0.05) is 5.56 Å². The number of rotatable bonds is 4. The van der Waals surface area contributed by atoms with Gasteiger partial charge in [-0.3, -0.25) is 4.79 Å². The second kappa shape index (κ2) is 6.12. The van der Waals surface area contributed by atoms with Crippen molar-refractivity contribution in [2.45, 2.75) is 6.04 Å². The molecule has 0 amide bonds. The Labute approximate surface area is 117 Å². The zero-order valence-electron chi connectivity index (χ0n) is 11.1. The molecule has 2 aromatic carbocycles. The first kappa shape index (κ1) is 14.0. The monoisotopic (exact) mass is 269 g/mol. The molecule has 20 heavy (non-hydrogen) atoms. The summed E-state index contributed by atoms with van der Waals surface area (Å²) in [6, 6.07) is 14.7. The summed E-state index contributed by atoms with van der Waals surface area (Å²) < 4.78 is 4.68. The summed E-state index contributed by atoms with van der Waals surface area (Å²) in [4.78, 5) is 24.1. The quantitative estimate of drug-likeness (QED) is 0.683. The molecule has 0 saturated heterocycles. The third-order valence-electron chi connectivity index (χ3n) is 3.04. The van der Waals surface area contributed by atoms with Crippen LogP contribution < -0.4 is 5.73 Å². The van der Waals surface area contributed by atoms with Crippen molar-refractivity contribution in [1.82, 2.24) is 0 Å². The van der Waals surface area contributed by atoms with Crippen molar-refractivity contribution in [3.63, 3.8) is 0 Å². The molecule has 0 aliphatic heterocycles. The van der Waals surface area contributed by atoms with Gasteiger partial charge in [-0.1, -0.05) is 48.5 Å². The van der Waals surface area contributed by atoms with Gasteiger partial charge in [-0.05, 0) is 11.6 Å². The lowest BCUT2D eigenvalue weighted by Gasteiger charge is -2.13. The van der Waals surface area contributed by atoms with Crippen molar-refractivity contribution < 1.29 is 14.3 Å². The van der Waals surface area contributed by atoms with Crippen LogP contribution in [0.2, 0.25) is 0 Å². The molecule has 0 aliphatic carbocycles. The maximum absolute atomic E-state index is 12.5. The standard InChI is InChI=1S/C16H15NO3/c1-20-16(19)13-10-6-5-9-12(13)15(18)14(17)11-7-3-2-4-8-11/h2-10,14H,17H2,1H3. The molecule has 2 aromatic rings. The first-order valence-corrected chi connectivity index (χ1v) is 6.17. The van der Waals surface area contributed by atoms with Gasteiger partial charge < -0.3 is 10.5 Å². The third kappa shape index (κ3) is 2.75. The highest BCUT2D eigenvalue weighted by Gasteiger charge is 2.22. The predicted molar refractivity (Wildman–Crippen MR) is 75.5 cm³/mol. The van der Waals surface area contributed by atoms with Crippen molar-refractivity contribution in [3.8, 4) is 0 Å². The van der Waals surface area contributed by atoms with Crippen LogP contribution in [0, 0.1) is 0 Å². The average molecular weight is 269 g/mol. The van der Waals surface area contributed by atoms with E-state index in [4.69, 9.17) is 5.73 Å². The maximum Gasteiger partial charge on any atom is 0.338 e. The summed E-state index contributed by atoms with van der Waals surface area (Å²) in [5.74, 6) is -0.855. The van der Waals surface area contributed by atoms with E-state index in [1.807, 2.05) is 18.2 Å². The first-order valence-electron chi connectivity index (χ1n) is 6.17. The fourth-order valence-electron chi connectivity index (χ4n) is 1.97. The lowest BCUT2D eigenvalue weighted by molar-refractivity contribution is 0.0596. The van der Waals surface area contributed by atoms with E-state index in [1.54, 1.807) is 36.4 Å². The molecule has 0 spiro atoms. The Morgan fingerprint density at radius 2 is 1.50 bits per heavy atom. The number of methoxy groups -OCH3 is 1. The molecule has 0 bridgehead atoms. The lowest BCUT2D eigenvalue weighted by Crippen LogP contribution is -2.23. The van der Waals surface area contributed by atoms with Crippen LogP contribution in [0.5, 0.6) is 0 Å². The van der Waals surface area contributed by atoms with Gasteiger partial charge in [-0.25, -0.2) is 4.79 Å². The number of carbonyl (C=O) groups is 2. The summed E-state index contributed by atoms with van der Waals surface area (Å²) >= 11 is 0. The Morgan fingerprint density at radius 1 is 0.950 bits per heavy atom. The van der Waals surface area contributed by atoms with Crippen LogP contribution >= 0.6 is 0 Å². The minimum Gasteiger partial charge on any atom is -0.465 e. The minimum absolute atomic E-state index is 0.228. The normalized spacial score (nSPS) is 11.7. The number of hydrogen-bond acceptors (Lipinski definition) is 4. The highest BCUT2D eigenvalue weighted by Crippen LogP contribution is 2.19. The van der Waals surface area contributed by atoms with Crippen LogP contribution in [0.3, 0.4) is 0 Å². The molecule has 2 N–H and O–H groups in total. The molecular weight excluding hydrogens is 254 g/mol. The second-order valence-electron chi connectivity index (χ2n) is 4.29. The van der Waals surface area contributed by atoms with E-state index in [9.17, 15) is 9.59 Å². The SMILES string of the molecule is COC(=O)c1ccccc1C(=O)C(N)c1ccccc1. The Bertz CT molecular complexity index is 623. The van der Waals surface area contributed by atoms with Gasteiger partial charge in [-0.15, -0.1) is 0 Å². The van der Waals surface area contributed by atoms with Crippen LogP contribution in [-0.2, 0) is 4.74 Å². The van der Waals surface area contributed by atoms with Gasteiger partial charge in [0.05, 0.1) is 18.7 Å².